The minimum absolute atomic E-state index is 0.196. The highest BCUT2D eigenvalue weighted by Gasteiger charge is 1.89. The monoisotopic (exact) mass is 144 g/mol. The van der Waals surface area contributed by atoms with Crippen LogP contribution in [-0.2, 0) is 0 Å². The van der Waals surface area contributed by atoms with Crippen molar-refractivity contribution in [1.82, 2.24) is 0 Å². The van der Waals surface area contributed by atoms with Crippen LogP contribution in [0.5, 0.6) is 0 Å². The first-order chi connectivity index (χ1) is 4.31. The van der Waals surface area contributed by atoms with E-state index in [9.17, 15) is 0 Å². The van der Waals surface area contributed by atoms with Gasteiger partial charge >= 0.3 is 0 Å². The van der Waals surface area contributed by atoms with Crippen LogP contribution in [0.2, 0.25) is 0 Å². The maximum absolute atomic E-state index is 5.78. The first-order valence-electron chi connectivity index (χ1n) is 3.24. The molecule has 52 valence electrons. The van der Waals surface area contributed by atoms with E-state index in [1.807, 2.05) is 31.2 Å². The normalized spacial score (nSPS) is 15.4. The molecule has 0 aliphatic heterocycles. The predicted octanol–water partition coefficient (Wildman–Crippen LogP) is 3.14. The molecule has 9 heavy (non-hydrogen) atoms. The van der Waals surface area contributed by atoms with E-state index >= 15 is 0 Å². The third-order valence-electron chi connectivity index (χ3n) is 1.01. The lowest BCUT2D eigenvalue weighted by Gasteiger charge is -1.93. The van der Waals surface area contributed by atoms with Gasteiger partial charge < -0.3 is 0 Å². The summed E-state index contributed by atoms with van der Waals surface area (Å²) in [5.74, 6) is 0. The fourth-order valence-electron chi connectivity index (χ4n) is 0.432. The van der Waals surface area contributed by atoms with E-state index in [1.165, 1.54) is 0 Å². The summed E-state index contributed by atoms with van der Waals surface area (Å²) in [7, 11) is 0. The molecular weight excluding hydrogens is 132 g/mol. The zero-order valence-corrected chi connectivity index (χ0v) is 6.73. The molecule has 0 rings (SSSR count). The maximum atomic E-state index is 5.78. The fourth-order valence-corrected chi connectivity index (χ4v) is 0.516. The Labute approximate surface area is 62.2 Å². The quantitative estimate of drug-likeness (QED) is 0.422. The summed E-state index contributed by atoms with van der Waals surface area (Å²) in [5.41, 5.74) is 0. The van der Waals surface area contributed by atoms with Crippen molar-refractivity contribution in [3.8, 4) is 0 Å². The molecule has 0 saturated carbocycles. The molecule has 1 heteroatoms. The van der Waals surface area contributed by atoms with E-state index in [-0.39, 0.29) is 5.38 Å². The summed E-state index contributed by atoms with van der Waals surface area (Å²) < 4.78 is 0. The average molecular weight is 145 g/mol. The molecule has 1 atom stereocenters. The van der Waals surface area contributed by atoms with Gasteiger partial charge in [0.25, 0.3) is 0 Å². The molecule has 1 unspecified atom stereocenters. The van der Waals surface area contributed by atoms with Crippen molar-refractivity contribution in [2.24, 2.45) is 0 Å². The Bertz CT molecular complexity index is 103. The Morgan fingerprint density at radius 1 is 1.44 bits per heavy atom. The van der Waals surface area contributed by atoms with Crippen molar-refractivity contribution in [3.05, 3.63) is 24.3 Å². The van der Waals surface area contributed by atoms with Gasteiger partial charge in [-0.15, -0.1) is 11.6 Å². The van der Waals surface area contributed by atoms with Crippen molar-refractivity contribution >= 4 is 11.6 Å². The predicted molar refractivity (Wildman–Crippen MR) is 43.9 cm³/mol. The van der Waals surface area contributed by atoms with Crippen LogP contribution in [0.3, 0.4) is 0 Å². The summed E-state index contributed by atoms with van der Waals surface area (Å²) in [6.45, 7) is 4.05. The standard InChI is InChI=1S/C8H13Cl/c1-3-5-6-7-8(9)4-2/h3,5-8H,4H2,1-2H3. The molecule has 0 aromatic rings. The highest BCUT2D eigenvalue weighted by molar-refractivity contribution is 6.21. The molecule has 0 aromatic carbocycles. The molecule has 0 amide bonds. The largest absolute Gasteiger partial charge is 0.118 e. The van der Waals surface area contributed by atoms with Gasteiger partial charge in [-0.3, -0.25) is 0 Å². The number of alkyl halides is 1. The highest BCUT2D eigenvalue weighted by Crippen LogP contribution is 2.01. The summed E-state index contributed by atoms with van der Waals surface area (Å²) in [6.07, 6.45) is 8.92. The van der Waals surface area contributed by atoms with E-state index in [1.54, 1.807) is 0 Å². The van der Waals surface area contributed by atoms with Crippen molar-refractivity contribution in [3.63, 3.8) is 0 Å². The van der Waals surface area contributed by atoms with Gasteiger partial charge in [0.1, 0.15) is 0 Å². The van der Waals surface area contributed by atoms with Gasteiger partial charge in [0.05, 0.1) is 5.38 Å². The van der Waals surface area contributed by atoms with Crippen LogP contribution in [0.1, 0.15) is 20.3 Å². The average Bonchev–Trinajstić information content (AvgIpc) is 1.89. The fraction of sp³-hybridized carbons (Fsp3) is 0.500. The van der Waals surface area contributed by atoms with Crippen LogP contribution in [-0.4, -0.2) is 5.38 Å². The van der Waals surface area contributed by atoms with E-state index in [4.69, 9.17) is 11.6 Å². The van der Waals surface area contributed by atoms with Gasteiger partial charge in [0.15, 0.2) is 0 Å². The molecule has 0 aromatic heterocycles. The number of hydrogen-bond acceptors (Lipinski definition) is 0. The third kappa shape index (κ3) is 5.64. The zero-order valence-electron chi connectivity index (χ0n) is 5.97. The summed E-state index contributed by atoms with van der Waals surface area (Å²) in [4.78, 5) is 0. The summed E-state index contributed by atoms with van der Waals surface area (Å²) in [6, 6.07) is 0. The lowest BCUT2D eigenvalue weighted by Crippen LogP contribution is -1.86. The minimum atomic E-state index is 0.196. The van der Waals surface area contributed by atoms with E-state index in [0.717, 1.165) is 6.42 Å². The van der Waals surface area contributed by atoms with Crippen molar-refractivity contribution in [2.45, 2.75) is 25.6 Å². The molecule has 0 spiro atoms. The van der Waals surface area contributed by atoms with Gasteiger partial charge in [-0.1, -0.05) is 31.2 Å². The van der Waals surface area contributed by atoms with Crippen molar-refractivity contribution < 1.29 is 0 Å². The number of halogens is 1. The van der Waals surface area contributed by atoms with Crippen molar-refractivity contribution in [1.29, 1.82) is 0 Å². The second kappa shape index (κ2) is 5.90. The highest BCUT2D eigenvalue weighted by atomic mass is 35.5. The Kier molecular flexibility index (Phi) is 5.75. The molecule has 0 nitrogen and oxygen atoms in total. The van der Waals surface area contributed by atoms with Crippen LogP contribution >= 0.6 is 11.6 Å². The number of hydrogen-bond donors (Lipinski definition) is 0. The second-order valence-corrected chi connectivity index (χ2v) is 2.40. The van der Waals surface area contributed by atoms with Crippen LogP contribution in [0, 0.1) is 0 Å². The molecule has 0 aliphatic carbocycles. The van der Waals surface area contributed by atoms with E-state index in [2.05, 4.69) is 6.92 Å². The molecule has 0 fully saturated rings. The maximum Gasteiger partial charge on any atom is 0.0516 e. The zero-order chi connectivity index (χ0) is 7.11. The first kappa shape index (κ1) is 8.77. The molecule has 0 radical (unpaired) electrons. The van der Waals surface area contributed by atoms with Gasteiger partial charge in [0.2, 0.25) is 0 Å². The van der Waals surface area contributed by atoms with Gasteiger partial charge in [-0.05, 0) is 13.3 Å². The summed E-state index contributed by atoms with van der Waals surface area (Å²) >= 11 is 5.78. The van der Waals surface area contributed by atoms with Crippen LogP contribution in [0.15, 0.2) is 24.3 Å². The van der Waals surface area contributed by atoms with Gasteiger partial charge in [0, 0.05) is 0 Å². The molecule has 0 aliphatic rings. The lowest BCUT2D eigenvalue weighted by atomic mass is 10.3. The molecule has 0 saturated heterocycles. The molecule has 0 N–H and O–H groups in total. The van der Waals surface area contributed by atoms with E-state index in [0.29, 0.717) is 0 Å². The van der Waals surface area contributed by atoms with Crippen LogP contribution in [0.25, 0.3) is 0 Å². The van der Waals surface area contributed by atoms with Gasteiger partial charge in [-0.2, -0.15) is 0 Å². The molecular formula is C8H13Cl. The Morgan fingerprint density at radius 3 is 2.56 bits per heavy atom. The molecule has 0 heterocycles. The Balaban J connectivity index is 3.43. The SMILES string of the molecule is CC=CC=CC(Cl)CC. The smallest absolute Gasteiger partial charge is 0.0516 e. The lowest BCUT2D eigenvalue weighted by molar-refractivity contribution is 0.967. The Hall–Kier alpha value is -0.230. The van der Waals surface area contributed by atoms with Gasteiger partial charge in [-0.25, -0.2) is 0 Å². The first-order valence-corrected chi connectivity index (χ1v) is 3.68. The number of allylic oxidation sites excluding steroid dienone is 4. The minimum Gasteiger partial charge on any atom is -0.118 e. The molecule has 0 bridgehead atoms. The topological polar surface area (TPSA) is 0 Å². The van der Waals surface area contributed by atoms with Crippen LogP contribution in [0.4, 0.5) is 0 Å². The van der Waals surface area contributed by atoms with E-state index < -0.39 is 0 Å². The summed E-state index contributed by atoms with van der Waals surface area (Å²) in [5, 5.41) is 0.196. The number of rotatable bonds is 3. The van der Waals surface area contributed by atoms with Crippen LogP contribution < -0.4 is 0 Å². The third-order valence-corrected chi connectivity index (χ3v) is 1.47. The Morgan fingerprint density at radius 2 is 2.11 bits per heavy atom. The van der Waals surface area contributed by atoms with Crippen molar-refractivity contribution in [2.75, 3.05) is 0 Å². The second-order valence-electron chi connectivity index (χ2n) is 1.83.